The average Bonchev–Trinajstić information content (AvgIpc) is 3.31. The van der Waals surface area contributed by atoms with E-state index in [2.05, 4.69) is 10.4 Å². The van der Waals surface area contributed by atoms with Gasteiger partial charge in [0, 0.05) is 35.9 Å². The van der Waals surface area contributed by atoms with Gasteiger partial charge >= 0.3 is 0 Å². The van der Waals surface area contributed by atoms with E-state index in [0.29, 0.717) is 28.8 Å². The van der Waals surface area contributed by atoms with Crippen molar-refractivity contribution >= 4 is 34.9 Å². The van der Waals surface area contributed by atoms with E-state index >= 15 is 0 Å². The SMILES string of the molecule is CC(C)CN(CC(=O)Nc1cc(-c2ccccc2)nn1-c1ccccc1Cl)C(=O)c1ccc([N+](=O)[O-])cc1. The van der Waals surface area contributed by atoms with Crippen LogP contribution < -0.4 is 5.32 Å². The lowest BCUT2D eigenvalue weighted by molar-refractivity contribution is -0.384. The highest BCUT2D eigenvalue weighted by Crippen LogP contribution is 2.28. The molecule has 194 valence electrons. The van der Waals surface area contributed by atoms with Crippen LogP contribution in [0.3, 0.4) is 0 Å². The van der Waals surface area contributed by atoms with E-state index in [9.17, 15) is 19.7 Å². The number of rotatable bonds is 9. The summed E-state index contributed by atoms with van der Waals surface area (Å²) in [4.78, 5) is 38.3. The Morgan fingerprint density at radius 3 is 2.32 bits per heavy atom. The molecule has 0 aliphatic heterocycles. The molecule has 0 fully saturated rings. The number of amides is 2. The standard InChI is InChI=1S/C28H26ClN5O4/c1-19(2)17-32(28(36)21-12-14-22(15-13-21)34(37)38)18-27(35)30-26-16-24(20-8-4-3-5-9-20)31-33(26)25-11-7-6-10-23(25)29/h3-16,19H,17-18H2,1-2H3,(H,30,35). The van der Waals surface area contributed by atoms with Crippen molar-refractivity contribution in [1.29, 1.82) is 0 Å². The van der Waals surface area contributed by atoms with Crippen LogP contribution in [0.25, 0.3) is 16.9 Å². The molecule has 38 heavy (non-hydrogen) atoms. The maximum atomic E-state index is 13.2. The van der Waals surface area contributed by atoms with Gasteiger partial charge in [-0.1, -0.05) is 67.9 Å². The van der Waals surface area contributed by atoms with Crippen molar-refractivity contribution in [1.82, 2.24) is 14.7 Å². The van der Waals surface area contributed by atoms with Crippen LogP contribution in [-0.2, 0) is 4.79 Å². The van der Waals surface area contributed by atoms with Crippen molar-refractivity contribution in [2.45, 2.75) is 13.8 Å². The first-order valence-electron chi connectivity index (χ1n) is 12.0. The Morgan fingerprint density at radius 1 is 1.03 bits per heavy atom. The molecule has 0 saturated heterocycles. The molecule has 1 heterocycles. The van der Waals surface area contributed by atoms with Gasteiger partial charge in [-0.05, 0) is 30.2 Å². The summed E-state index contributed by atoms with van der Waals surface area (Å²) in [5, 5.41) is 19.0. The van der Waals surface area contributed by atoms with E-state index in [0.717, 1.165) is 5.56 Å². The van der Waals surface area contributed by atoms with E-state index < -0.39 is 16.7 Å². The zero-order valence-corrected chi connectivity index (χ0v) is 21.6. The molecule has 2 amide bonds. The minimum atomic E-state index is -0.528. The van der Waals surface area contributed by atoms with Gasteiger partial charge in [-0.25, -0.2) is 4.68 Å². The monoisotopic (exact) mass is 531 g/mol. The molecule has 4 rings (SSSR count). The number of nitro benzene ring substituents is 1. The summed E-state index contributed by atoms with van der Waals surface area (Å²) in [6.45, 7) is 3.98. The van der Waals surface area contributed by atoms with Crippen molar-refractivity contribution in [3.63, 3.8) is 0 Å². The molecular weight excluding hydrogens is 506 g/mol. The van der Waals surface area contributed by atoms with E-state index in [4.69, 9.17) is 11.6 Å². The predicted octanol–water partition coefficient (Wildman–Crippen LogP) is 5.84. The fourth-order valence-corrected chi connectivity index (χ4v) is 4.17. The third kappa shape index (κ3) is 6.24. The van der Waals surface area contributed by atoms with Gasteiger partial charge in [-0.2, -0.15) is 5.10 Å². The van der Waals surface area contributed by atoms with Crippen LogP contribution in [0.15, 0.2) is 84.9 Å². The Hall–Kier alpha value is -4.50. The van der Waals surface area contributed by atoms with Crippen molar-refractivity contribution in [3.05, 3.63) is 106 Å². The number of hydrogen-bond acceptors (Lipinski definition) is 5. The Morgan fingerprint density at radius 2 is 1.68 bits per heavy atom. The van der Waals surface area contributed by atoms with Crippen LogP contribution in [0.2, 0.25) is 5.02 Å². The van der Waals surface area contributed by atoms with Crippen LogP contribution >= 0.6 is 11.6 Å². The second kappa shape index (κ2) is 11.7. The van der Waals surface area contributed by atoms with Gasteiger partial charge < -0.3 is 10.2 Å². The van der Waals surface area contributed by atoms with E-state index in [-0.39, 0.29) is 23.7 Å². The Bertz CT molecular complexity index is 1450. The summed E-state index contributed by atoms with van der Waals surface area (Å²) in [7, 11) is 0. The molecule has 1 N–H and O–H groups in total. The number of halogens is 1. The minimum absolute atomic E-state index is 0.0862. The highest BCUT2D eigenvalue weighted by atomic mass is 35.5. The highest BCUT2D eigenvalue weighted by Gasteiger charge is 2.22. The fourth-order valence-electron chi connectivity index (χ4n) is 3.95. The zero-order chi connectivity index (χ0) is 27.2. The van der Waals surface area contributed by atoms with Crippen molar-refractivity contribution < 1.29 is 14.5 Å². The summed E-state index contributed by atoms with van der Waals surface area (Å²) in [5.74, 6) is -0.334. The summed E-state index contributed by atoms with van der Waals surface area (Å²) in [6.07, 6.45) is 0. The number of carbonyl (C=O) groups excluding carboxylic acids is 2. The summed E-state index contributed by atoms with van der Waals surface area (Å²) >= 11 is 6.44. The molecule has 4 aromatic rings. The number of non-ortho nitro benzene ring substituents is 1. The molecule has 9 nitrogen and oxygen atoms in total. The number of nitrogens with one attached hydrogen (secondary N) is 1. The fraction of sp³-hybridized carbons (Fsp3) is 0.179. The molecule has 0 saturated carbocycles. The van der Waals surface area contributed by atoms with Gasteiger partial charge in [0.2, 0.25) is 5.91 Å². The highest BCUT2D eigenvalue weighted by molar-refractivity contribution is 6.32. The smallest absolute Gasteiger partial charge is 0.269 e. The third-order valence-corrected chi connectivity index (χ3v) is 5.98. The molecule has 0 unspecified atom stereocenters. The summed E-state index contributed by atoms with van der Waals surface area (Å²) in [5.41, 5.74) is 2.24. The first-order chi connectivity index (χ1) is 18.2. The topological polar surface area (TPSA) is 110 Å². The second-order valence-electron chi connectivity index (χ2n) is 9.08. The molecule has 0 atom stereocenters. The second-order valence-corrected chi connectivity index (χ2v) is 9.48. The molecule has 0 bridgehead atoms. The molecule has 0 spiro atoms. The molecule has 10 heteroatoms. The first kappa shape index (κ1) is 26.6. The number of carbonyl (C=O) groups is 2. The van der Waals surface area contributed by atoms with Crippen LogP contribution in [-0.4, -0.2) is 44.5 Å². The molecule has 1 aromatic heterocycles. The molecule has 0 aliphatic carbocycles. The molecular formula is C28H26ClN5O4. The van der Waals surface area contributed by atoms with Crippen LogP contribution in [0.5, 0.6) is 0 Å². The third-order valence-electron chi connectivity index (χ3n) is 5.66. The van der Waals surface area contributed by atoms with Crippen molar-refractivity contribution in [2.24, 2.45) is 5.92 Å². The van der Waals surface area contributed by atoms with E-state index in [1.54, 1.807) is 28.9 Å². The van der Waals surface area contributed by atoms with Crippen molar-refractivity contribution in [2.75, 3.05) is 18.4 Å². The normalized spacial score (nSPS) is 10.8. The van der Waals surface area contributed by atoms with Gasteiger partial charge in [0.25, 0.3) is 11.6 Å². The van der Waals surface area contributed by atoms with Crippen molar-refractivity contribution in [3.8, 4) is 16.9 Å². The van der Waals surface area contributed by atoms with Crippen LogP contribution in [0.4, 0.5) is 11.5 Å². The number of anilines is 1. The number of para-hydroxylation sites is 1. The van der Waals surface area contributed by atoms with Gasteiger partial charge in [0.05, 0.1) is 21.3 Å². The largest absolute Gasteiger partial charge is 0.329 e. The Kier molecular flexibility index (Phi) is 8.18. The van der Waals surface area contributed by atoms with Gasteiger partial charge in [0.15, 0.2) is 0 Å². The van der Waals surface area contributed by atoms with Gasteiger partial charge in [-0.15, -0.1) is 0 Å². The Labute approximate surface area is 224 Å². The molecule has 0 aliphatic rings. The van der Waals surface area contributed by atoms with Crippen LogP contribution in [0, 0.1) is 16.0 Å². The number of aromatic nitrogens is 2. The number of hydrogen-bond donors (Lipinski definition) is 1. The lowest BCUT2D eigenvalue weighted by Crippen LogP contribution is -2.40. The van der Waals surface area contributed by atoms with Crippen LogP contribution in [0.1, 0.15) is 24.2 Å². The zero-order valence-electron chi connectivity index (χ0n) is 20.9. The molecule has 0 radical (unpaired) electrons. The Balaban J connectivity index is 1.61. The number of benzene rings is 3. The average molecular weight is 532 g/mol. The van der Waals surface area contributed by atoms with E-state index in [1.807, 2.05) is 50.2 Å². The summed E-state index contributed by atoms with van der Waals surface area (Å²) < 4.78 is 1.56. The maximum Gasteiger partial charge on any atom is 0.269 e. The van der Waals surface area contributed by atoms with E-state index in [1.165, 1.54) is 29.2 Å². The minimum Gasteiger partial charge on any atom is -0.329 e. The van der Waals surface area contributed by atoms with Gasteiger partial charge in [0.1, 0.15) is 12.4 Å². The quantitative estimate of drug-likeness (QED) is 0.215. The molecule has 3 aromatic carbocycles. The predicted molar refractivity (Wildman–Crippen MR) is 146 cm³/mol. The maximum absolute atomic E-state index is 13.2. The lowest BCUT2D eigenvalue weighted by Gasteiger charge is -2.24. The summed E-state index contributed by atoms with van der Waals surface area (Å²) in [6, 6.07) is 23.8. The number of nitrogens with zero attached hydrogens (tertiary/aromatic N) is 4. The van der Waals surface area contributed by atoms with Gasteiger partial charge in [-0.3, -0.25) is 19.7 Å². The number of nitro groups is 1. The lowest BCUT2D eigenvalue weighted by atomic mass is 10.1. The first-order valence-corrected chi connectivity index (χ1v) is 12.3.